The van der Waals surface area contributed by atoms with E-state index in [1.165, 1.54) is 11.6 Å². The number of aliphatic imine (C=N–C) groups is 1. The first-order chi connectivity index (χ1) is 22.9. The van der Waals surface area contributed by atoms with E-state index in [9.17, 15) is 37.3 Å². The van der Waals surface area contributed by atoms with Crippen molar-refractivity contribution in [2.24, 2.45) is 15.9 Å². The predicted octanol–water partition coefficient (Wildman–Crippen LogP) is -1.83. The lowest BCUT2D eigenvalue weighted by Gasteiger charge is -2.43. The number of oxime groups is 1. The Hall–Kier alpha value is -5.10. The zero-order valence-electron chi connectivity index (χ0n) is 26.5. The molecule has 1 saturated carbocycles. The lowest BCUT2D eigenvalue weighted by Crippen LogP contribution is -2.73. The summed E-state index contributed by atoms with van der Waals surface area (Å²) in [5.41, 5.74) is 9.04. The average Bonchev–Trinajstić information content (AvgIpc) is 3.45. The van der Waals surface area contributed by atoms with E-state index in [4.69, 9.17) is 21.0 Å². The largest absolute Gasteiger partial charge is 0.478 e. The number of nitrogens with one attached hydrogen (secondary N) is 3. The maximum atomic E-state index is 13.3. The molecule has 4 rings (SSSR count). The Labute approximate surface area is 283 Å². The number of carboxylic acids is 1. The fourth-order valence-electron chi connectivity index (χ4n) is 4.23. The van der Waals surface area contributed by atoms with Crippen LogP contribution in [0.4, 0.5) is 9.93 Å². The number of carbonyl (C=O) groups is 4. The van der Waals surface area contributed by atoms with Crippen molar-refractivity contribution in [2.45, 2.75) is 76.4 Å². The number of hydrogen-bond donors (Lipinski definition) is 7. The van der Waals surface area contributed by atoms with E-state index in [0.29, 0.717) is 25.2 Å². The lowest BCUT2D eigenvalue weighted by atomic mass is 9.98. The number of nitrogens with two attached hydrogens (primary N) is 2. The topological polar surface area (TPSA) is 321 Å². The summed E-state index contributed by atoms with van der Waals surface area (Å²) in [6, 6.07) is -2.89. The van der Waals surface area contributed by atoms with Gasteiger partial charge >= 0.3 is 22.4 Å². The predicted molar refractivity (Wildman–Crippen MR) is 170 cm³/mol. The van der Waals surface area contributed by atoms with Gasteiger partial charge in [-0.2, -0.15) is 23.4 Å². The molecule has 24 heteroatoms. The van der Waals surface area contributed by atoms with Crippen LogP contribution in [0, 0.1) is 0 Å². The monoisotopic (exact) mass is 728 g/mol. The summed E-state index contributed by atoms with van der Waals surface area (Å²) >= 11 is 0.954. The number of β-lactam (4-membered cyclic amide) rings is 1. The molecule has 2 aromatic rings. The van der Waals surface area contributed by atoms with Gasteiger partial charge in [0.2, 0.25) is 5.60 Å². The van der Waals surface area contributed by atoms with E-state index in [1.807, 2.05) is 0 Å². The van der Waals surface area contributed by atoms with Gasteiger partial charge in [0.25, 0.3) is 11.8 Å². The van der Waals surface area contributed by atoms with Gasteiger partial charge in [-0.1, -0.05) is 5.16 Å². The fourth-order valence-corrected chi connectivity index (χ4v) is 5.65. The molecular weight excluding hydrogens is 692 g/mol. The summed E-state index contributed by atoms with van der Waals surface area (Å²) in [7, 11) is -5.05. The van der Waals surface area contributed by atoms with Crippen LogP contribution < -0.4 is 27.4 Å². The van der Waals surface area contributed by atoms with Crippen molar-refractivity contribution in [3.8, 4) is 0 Å². The summed E-state index contributed by atoms with van der Waals surface area (Å²) in [4.78, 5) is 63.6. The summed E-state index contributed by atoms with van der Waals surface area (Å²) in [5, 5.41) is 30.6. The molecule has 0 radical (unpaired) electrons. The summed E-state index contributed by atoms with van der Waals surface area (Å²) in [5.74, 6) is -3.43. The zero-order valence-corrected chi connectivity index (χ0v) is 28.2. The second-order valence-electron chi connectivity index (χ2n) is 11.8. The molecule has 1 aliphatic carbocycles. The van der Waals surface area contributed by atoms with E-state index in [0.717, 1.165) is 16.1 Å². The van der Waals surface area contributed by atoms with E-state index in [1.54, 1.807) is 20.8 Å². The van der Waals surface area contributed by atoms with Gasteiger partial charge in [-0.25, -0.2) is 23.9 Å². The molecule has 0 bridgehead atoms. The van der Waals surface area contributed by atoms with Crippen molar-refractivity contribution in [1.29, 1.82) is 0 Å². The first-order valence-electron chi connectivity index (χ1n) is 14.6. The molecule has 1 saturated heterocycles. The average molecular weight is 729 g/mol. The first-order valence-corrected chi connectivity index (χ1v) is 16.9. The van der Waals surface area contributed by atoms with Crippen molar-refractivity contribution in [2.75, 3.05) is 18.8 Å². The molecule has 0 unspecified atom stereocenters. The SMILES string of the molecule is CC(C)(C)OC(=O)NCCCNC(N)=NCc1cnn(C[C@@H]2[C@H](NC(=O)/C(=N/OC3(C(=O)O)CC3)c3csc(N)n3)C(=O)N2S(=O)(=O)O)n1. The Bertz CT molecular complexity index is 1750. The highest BCUT2D eigenvalue weighted by atomic mass is 32.2. The number of carbonyl (C=O) groups excluding carboxylic acids is 3. The van der Waals surface area contributed by atoms with Crippen LogP contribution in [0.1, 0.15) is 51.4 Å². The maximum absolute atomic E-state index is 13.3. The van der Waals surface area contributed by atoms with Crippen LogP contribution in [0.2, 0.25) is 0 Å². The third-order valence-corrected chi connectivity index (χ3v) is 8.38. The third kappa shape index (κ3) is 9.73. The number of hydrogen-bond acceptors (Lipinski definition) is 15. The molecule has 0 aromatic carbocycles. The molecule has 2 aromatic heterocycles. The molecule has 2 atom stereocenters. The van der Waals surface area contributed by atoms with Crippen LogP contribution in [-0.4, -0.2) is 114 Å². The van der Waals surface area contributed by atoms with Crippen LogP contribution in [0.25, 0.3) is 0 Å². The number of nitrogens with zero attached hydrogens (tertiary/aromatic N) is 7. The summed E-state index contributed by atoms with van der Waals surface area (Å²) in [6.45, 7) is 5.56. The van der Waals surface area contributed by atoms with Crippen LogP contribution in [0.15, 0.2) is 21.7 Å². The Morgan fingerprint density at radius 2 is 1.92 bits per heavy atom. The number of amides is 3. The third-order valence-electron chi connectivity index (χ3n) is 6.76. The normalized spacial score (nSPS) is 19.1. The standard InChI is InChI=1S/C25H36N12O10S2/c1-24(2,3)46-23(42)29-8-4-7-28-21(26)30-9-13-10-31-36(34-13)11-15-17(19(39)37(15)49(43,44)45)33-18(38)16(14-12-48-22(27)32-14)35-47-25(5-6-25)20(40)41/h10,12,15,17H,4-9,11H2,1-3H3,(H2,27,32)(H,29,42)(H,33,38)(H,40,41)(H3,26,28,30)(H,43,44,45)/b35-16+/t15-,17+/m1/s1. The number of guanidine groups is 1. The second-order valence-corrected chi connectivity index (χ2v) is 14.0. The highest BCUT2D eigenvalue weighted by molar-refractivity contribution is 7.84. The van der Waals surface area contributed by atoms with Gasteiger partial charge in [-0.3, -0.25) is 14.1 Å². The number of aliphatic carboxylic acids is 1. The van der Waals surface area contributed by atoms with E-state index in [2.05, 4.69) is 41.3 Å². The Morgan fingerprint density at radius 3 is 2.51 bits per heavy atom. The molecule has 268 valence electrons. The van der Waals surface area contributed by atoms with Gasteiger partial charge in [0.15, 0.2) is 16.8 Å². The van der Waals surface area contributed by atoms with Gasteiger partial charge in [0.1, 0.15) is 29.1 Å². The molecule has 0 spiro atoms. The van der Waals surface area contributed by atoms with E-state index in [-0.39, 0.29) is 40.5 Å². The molecule has 2 fully saturated rings. The minimum Gasteiger partial charge on any atom is -0.478 e. The van der Waals surface area contributed by atoms with Gasteiger partial charge in [-0.15, -0.1) is 11.3 Å². The van der Waals surface area contributed by atoms with Crippen LogP contribution >= 0.6 is 11.3 Å². The Kier molecular flexibility index (Phi) is 10.9. The van der Waals surface area contributed by atoms with Crippen LogP contribution in [0.5, 0.6) is 0 Å². The number of aromatic nitrogens is 4. The van der Waals surface area contributed by atoms with Crippen molar-refractivity contribution < 1.29 is 46.8 Å². The quantitative estimate of drug-likeness (QED) is 0.0265. The molecule has 49 heavy (non-hydrogen) atoms. The Morgan fingerprint density at radius 1 is 1.22 bits per heavy atom. The maximum Gasteiger partial charge on any atom is 0.407 e. The molecule has 2 aliphatic rings. The van der Waals surface area contributed by atoms with Crippen molar-refractivity contribution in [3.63, 3.8) is 0 Å². The highest BCUT2D eigenvalue weighted by Gasteiger charge is 2.56. The number of ether oxygens (including phenoxy) is 1. The first kappa shape index (κ1) is 36.7. The number of thiazole rings is 1. The number of anilines is 1. The Balaban J connectivity index is 1.37. The zero-order chi connectivity index (χ0) is 36.1. The number of rotatable bonds is 15. The molecule has 9 N–H and O–H groups in total. The smallest absolute Gasteiger partial charge is 0.407 e. The minimum atomic E-state index is -5.05. The number of carboxylic acid groups (broad SMARTS) is 1. The van der Waals surface area contributed by atoms with E-state index < -0.39 is 69.7 Å². The van der Waals surface area contributed by atoms with Gasteiger partial charge in [-0.05, 0) is 27.2 Å². The molecule has 3 amide bonds. The van der Waals surface area contributed by atoms with E-state index >= 15 is 0 Å². The van der Waals surface area contributed by atoms with Crippen LogP contribution in [-0.2, 0) is 47.4 Å². The van der Waals surface area contributed by atoms with Gasteiger partial charge in [0, 0.05) is 31.3 Å². The van der Waals surface area contributed by atoms with Crippen molar-refractivity contribution in [3.05, 3.63) is 23.0 Å². The molecule has 22 nitrogen and oxygen atoms in total. The fraction of sp³-hybridized carbons (Fsp3) is 0.560. The molecular formula is C25H36N12O10S2. The molecule has 1 aliphatic heterocycles. The van der Waals surface area contributed by atoms with Crippen LogP contribution in [0.3, 0.4) is 0 Å². The van der Waals surface area contributed by atoms with Crippen molar-refractivity contribution in [1.82, 2.24) is 40.2 Å². The summed E-state index contributed by atoms with van der Waals surface area (Å²) in [6.07, 6.45) is 1.60. The number of alkyl carbamates (subject to hydrolysis) is 1. The second kappa shape index (κ2) is 14.6. The van der Waals surface area contributed by atoms with Crippen molar-refractivity contribution >= 4 is 62.3 Å². The number of nitrogen functional groups attached to an aromatic ring is 1. The lowest BCUT2D eigenvalue weighted by molar-refractivity contribution is -0.153. The van der Waals surface area contributed by atoms with Gasteiger partial charge in [0.05, 0.1) is 19.3 Å². The minimum absolute atomic E-state index is 0.0325. The summed E-state index contributed by atoms with van der Waals surface area (Å²) < 4.78 is 39.0. The highest BCUT2D eigenvalue weighted by Crippen LogP contribution is 2.40. The van der Waals surface area contributed by atoms with Gasteiger partial charge < -0.3 is 42.1 Å². The molecule has 3 heterocycles.